The van der Waals surface area contributed by atoms with E-state index in [1.165, 1.54) is 18.0 Å². The highest BCUT2D eigenvalue weighted by atomic mass is 16.2. The first-order valence-corrected chi connectivity index (χ1v) is 6.43. The number of nitrogens with zero attached hydrogens (tertiary/aromatic N) is 2. The average molecular weight is 286 g/mol. The summed E-state index contributed by atoms with van der Waals surface area (Å²) in [4.78, 5) is 24.8. The quantitative estimate of drug-likeness (QED) is 0.498. The van der Waals surface area contributed by atoms with E-state index in [0.29, 0.717) is 11.4 Å². The molecule has 21 heavy (non-hydrogen) atoms. The van der Waals surface area contributed by atoms with Gasteiger partial charge in [0.15, 0.2) is 0 Å². The summed E-state index contributed by atoms with van der Waals surface area (Å²) in [6.07, 6.45) is 1.23. The molecule has 0 saturated heterocycles. The summed E-state index contributed by atoms with van der Waals surface area (Å²) in [6, 6.07) is 8.26. The summed E-state index contributed by atoms with van der Waals surface area (Å²) >= 11 is 0. The van der Waals surface area contributed by atoms with E-state index in [2.05, 4.69) is 5.32 Å². The van der Waals surface area contributed by atoms with E-state index in [4.69, 9.17) is 11.0 Å². The van der Waals surface area contributed by atoms with Crippen LogP contribution < -0.4 is 16.0 Å². The zero-order chi connectivity index (χ0) is 16.0. The van der Waals surface area contributed by atoms with Crippen molar-refractivity contribution < 1.29 is 9.59 Å². The van der Waals surface area contributed by atoms with E-state index in [1.54, 1.807) is 44.2 Å². The second-order valence-electron chi connectivity index (χ2n) is 4.76. The molecule has 0 aromatic heterocycles. The van der Waals surface area contributed by atoms with Gasteiger partial charge >= 0.3 is 0 Å². The van der Waals surface area contributed by atoms with Crippen LogP contribution in [0.1, 0.15) is 20.8 Å². The lowest BCUT2D eigenvalue weighted by molar-refractivity contribution is -0.117. The number of carbonyl (C=O) groups is 2. The van der Waals surface area contributed by atoms with Gasteiger partial charge in [-0.15, -0.1) is 0 Å². The normalized spacial score (nSPS) is 10.9. The third-order valence-electron chi connectivity index (χ3n) is 2.55. The summed E-state index contributed by atoms with van der Waals surface area (Å²) in [5.41, 5.74) is 6.54. The highest BCUT2D eigenvalue weighted by molar-refractivity contribution is 6.01. The van der Waals surface area contributed by atoms with Crippen LogP contribution in [0.2, 0.25) is 0 Å². The molecule has 0 unspecified atom stereocenters. The van der Waals surface area contributed by atoms with Crippen LogP contribution in [0.5, 0.6) is 0 Å². The molecule has 1 rings (SSSR count). The number of nitrogens with one attached hydrogen (secondary N) is 1. The highest BCUT2D eigenvalue weighted by Crippen LogP contribution is 2.18. The Hall–Kier alpha value is -2.81. The fourth-order valence-electron chi connectivity index (χ4n) is 1.59. The first kappa shape index (κ1) is 16.2. The molecule has 2 amide bonds. The van der Waals surface area contributed by atoms with Crippen LogP contribution in [-0.2, 0) is 9.59 Å². The van der Waals surface area contributed by atoms with Gasteiger partial charge in [0.25, 0.3) is 5.91 Å². The third-order valence-corrected chi connectivity index (χ3v) is 2.55. The van der Waals surface area contributed by atoms with Gasteiger partial charge in [-0.2, -0.15) is 5.26 Å². The molecule has 0 saturated carbocycles. The molecular formula is C15H18N4O2. The van der Waals surface area contributed by atoms with Crippen LogP contribution in [0.3, 0.4) is 0 Å². The summed E-state index contributed by atoms with van der Waals surface area (Å²) in [5.74, 6) is -0.834. The van der Waals surface area contributed by atoms with Gasteiger partial charge in [0, 0.05) is 30.5 Å². The minimum atomic E-state index is -0.519. The molecule has 6 nitrogen and oxygen atoms in total. The maximum atomic E-state index is 11.9. The summed E-state index contributed by atoms with van der Waals surface area (Å²) in [5, 5.41) is 11.7. The van der Waals surface area contributed by atoms with Gasteiger partial charge in [0.05, 0.1) is 0 Å². The predicted octanol–water partition coefficient (Wildman–Crippen LogP) is 1.55. The van der Waals surface area contributed by atoms with E-state index in [-0.39, 0.29) is 17.5 Å². The molecule has 1 aromatic rings. The van der Waals surface area contributed by atoms with Gasteiger partial charge < -0.3 is 11.1 Å². The van der Waals surface area contributed by atoms with Crippen molar-refractivity contribution in [1.29, 1.82) is 5.26 Å². The van der Waals surface area contributed by atoms with E-state index in [0.717, 1.165) is 0 Å². The van der Waals surface area contributed by atoms with Gasteiger partial charge in [-0.1, -0.05) is 0 Å². The van der Waals surface area contributed by atoms with Crippen molar-refractivity contribution in [1.82, 2.24) is 5.32 Å². The highest BCUT2D eigenvalue weighted by Gasteiger charge is 2.15. The predicted molar refractivity (Wildman–Crippen MR) is 81.0 cm³/mol. The number of hydrogen-bond acceptors (Lipinski definition) is 4. The lowest BCUT2D eigenvalue weighted by atomic mass is 10.2. The monoisotopic (exact) mass is 286 g/mol. The molecule has 3 N–H and O–H groups in total. The van der Waals surface area contributed by atoms with Crippen LogP contribution in [0, 0.1) is 11.3 Å². The van der Waals surface area contributed by atoms with Crippen LogP contribution in [-0.4, -0.2) is 17.9 Å². The topological polar surface area (TPSA) is 99.2 Å². The third kappa shape index (κ3) is 4.66. The number of nitriles is 1. The molecule has 110 valence electrons. The van der Waals surface area contributed by atoms with Crippen molar-refractivity contribution in [3.63, 3.8) is 0 Å². The molecule has 0 fully saturated rings. The first-order valence-electron chi connectivity index (χ1n) is 6.43. The molecule has 0 aliphatic rings. The average Bonchev–Trinajstić information content (AvgIpc) is 2.40. The Morgan fingerprint density at radius 3 is 2.33 bits per heavy atom. The molecule has 0 aliphatic heterocycles. The smallest absolute Gasteiger partial charge is 0.263 e. The van der Waals surface area contributed by atoms with Gasteiger partial charge in [-0.05, 0) is 38.1 Å². The van der Waals surface area contributed by atoms with Gasteiger partial charge in [-0.3, -0.25) is 14.5 Å². The minimum Gasteiger partial charge on any atom is -0.399 e. The minimum absolute atomic E-state index is 0.100. The van der Waals surface area contributed by atoms with E-state index in [1.807, 2.05) is 0 Å². The zero-order valence-electron chi connectivity index (χ0n) is 12.3. The van der Waals surface area contributed by atoms with Gasteiger partial charge in [0.2, 0.25) is 5.91 Å². The molecule has 1 aromatic carbocycles. The fourth-order valence-corrected chi connectivity index (χ4v) is 1.59. The van der Waals surface area contributed by atoms with Crippen LogP contribution >= 0.6 is 0 Å². The molecule has 0 atom stereocenters. The number of nitrogens with two attached hydrogens (primary N) is 1. The molecular weight excluding hydrogens is 268 g/mol. The van der Waals surface area contributed by atoms with Crippen LogP contribution in [0.4, 0.5) is 11.4 Å². The molecule has 0 aliphatic carbocycles. The van der Waals surface area contributed by atoms with Crippen molar-refractivity contribution in [3.8, 4) is 6.07 Å². The second-order valence-corrected chi connectivity index (χ2v) is 4.76. The first-order chi connectivity index (χ1) is 9.85. The maximum absolute atomic E-state index is 11.9. The zero-order valence-corrected chi connectivity index (χ0v) is 12.3. The summed E-state index contributed by atoms with van der Waals surface area (Å²) in [6.45, 7) is 4.92. The van der Waals surface area contributed by atoms with Crippen molar-refractivity contribution in [3.05, 3.63) is 36.0 Å². The Balaban J connectivity index is 3.13. The van der Waals surface area contributed by atoms with E-state index < -0.39 is 5.91 Å². The van der Waals surface area contributed by atoms with Gasteiger partial charge in [-0.25, -0.2) is 0 Å². The maximum Gasteiger partial charge on any atom is 0.263 e. The molecule has 0 radical (unpaired) electrons. The SMILES string of the molecule is CC(=O)N(/C=C(/C#N)C(=O)NC(C)C)c1ccc(N)cc1. The molecule has 6 heteroatoms. The lowest BCUT2D eigenvalue weighted by Gasteiger charge is -2.17. The van der Waals surface area contributed by atoms with Crippen molar-refractivity contribution in [2.24, 2.45) is 0 Å². The summed E-state index contributed by atoms with van der Waals surface area (Å²) in [7, 11) is 0. The van der Waals surface area contributed by atoms with E-state index >= 15 is 0 Å². The number of hydrogen-bond donors (Lipinski definition) is 2. The standard InChI is InChI=1S/C15H18N4O2/c1-10(2)18-15(21)12(8-16)9-19(11(3)20)14-6-4-13(17)5-7-14/h4-7,9-10H,17H2,1-3H3,(H,18,21)/b12-9-. The summed E-state index contributed by atoms with van der Waals surface area (Å²) < 4.78 is 0. The molecule has 0 spiro atoms. The number of rotatable bonds is 4. The lowest BCUT2D eigenvalue weighted by Crippen LogP contribution is -2.32. The Labute approximate surface area is 123 Å². The molecule has 0 bridgehead atoms. The number of nitrogen functional groups attached to an aromatic ring is 1. The second kappa shape index (κ2) is 7.10. The Kier molecular flexibility index (Phi) is 5.49. The van der Waals surface area contributed by atoms with E-state index in [9.17, 15) is 9.59 Å². The van der Waals surface area contributed by atoms with Crippen LogP contribution in [0.25, 0.3) is 0 Å². The Morgan fingerprint density at radius 1 is 1.33 bits per heavy atom. The van der Waals surface area contributed by atoms with Gasteiger partial charge in [0.1, 0.15) is 11.6 Å². The number of carbonyl (C=O) groups excluding carboxylic acids is 2. The van der Waals surface area contributed by atoms with Crippen molar-refractivity contribution in [2.45, 2.75) is 26.8 Å². The Morgan fingerprint density at radius 2 is 1.90 bits per heavy atom. The Bertz CT molecular complexity index is 597. The van der Waals surface area contributed by atoms with Crippen molar-refractivity contribution in [2.75, 3.05) is 10.6 Å². The number of anilines is 2. The number of amides is 2. The fraction of sp³-hybridized carbons (Fsp3) is 0.267. The van der Waals surface area contributed by atoms with Crippen molar-refractivity contribution >= 4 is 23.2 Å². The molecule has 0 heterocycles. The largest absolute Gasteiger partial charge is 0.399 e. The number of benzene rings is 1. The van der Waals surface area contributed by atoms with Crippen LogP contribution in [0.15, 0.2) is 36.0 Å².